The van der Waals surface area contributed by atoms with E-state index in [2.05, 4.69) is 16.7 Å². The molecule has 31 heavy (non-hydrogen) atoms. The van der Waals surface area contributed by atoms with E-state index in [9.17, 15) is 24.6 Å². The third-order valence-corrected chi connectivity index (χ3v) is 6.07. The Labute approximate surface area is 182 Å². The summed E-state index contributed by atoms with van der Waals surface area (Å²) in [5, 5.41) is 24.5. The second-order valence-electron chi connectivity index (χ2n) is 8.95. The third kappa shape index (κ3) is 5.50. The van der Waals surface area contributed by atoms with Gasteiger partial charge >= 0.3 is 0 Å². The van der Waals surface area contributed by atoms with Crippen molar-refractivity contribution in [3.63, 3.8) is 0 Å². The second-order valence-corrected chi connectivity index (χ2v) is 8.95. The molecule has 1 aliphatic heterocycles. The van der Waals surface area contributed by atoms with E-state index in [0.717, 1.165) is 12.0 Å². The highest BCUT2D eigenvalue weighted by molar-refractivity contribution is 5.98. The van der Waals surface area contributed by atoms with E-state index < -0.39 is 36.8 Å². The number of fused-ring (bicyclic) bond motifs is 1. The summed E-state index contributed by atoms with van der Waals surface area (Å²) < 4.78 is 5.14. The van der Waals surface area contributed by atoms with Gasteiger partial charge in [0.25, 0.3) is 0 Å². The van der Waals surface area contributed by atoms with Gasteiger partial charge in [0.05, 0.1) is 25.9 Å². The molecule has 2 amide bonds. The van der Waals surface area contributed by atoms with Gasteiger partial charge in [0.2, 0.25) is 11.8 Å². The summed E-state index contributed by atoms with van der Waals surface area (Å²) in [6, 6.07) is 5.96. The zero-order chi connectivity index (χ0) is 22.6. The molecule has 1 aromatic rings. The lowest BCUT2D eigenvalue weighted by molar-refractivity contribution is -0.135. The SMILES string of the molecule is CC(C)C[C@H](NC(=O)[C@H](CO)NC(=O)C1CCc2ccccc2C1)C(=O)[C@@]1(CO)CO1. The molecule has 1 fully saturated rings. The van der Waals surface area contributed by atoms with E-state index in [1.807, 2.05) is 32.0 Å². The zero-order valence-electron chi connectivity index (χ0n) is 18.1. The minimum Gasteiger partial charge on any atom is -0.394 e. The fraction of sp³-hybridized carbons (Fsp3) is 0.609. The van der Waals surface area contributed by atoms with Gasteiger partial charge in [-0.2, -0.15) is 0 Å². The number of ether oxygens (including phenoxy) is 1. The van der Waals surface area contributed by atoms with Crippen LogP contribution in [0.25, 0.3) is 0 Å². The molecule has 0 spiro atoms. The van der Waals surface area contributed by atoms with Crippen molar-refractivity contribution in [2.45, 2.75) is 57.2 Å². The molecular formula is C23H32N2O6. The first kappa shape index (κ1) is 23.4. The molecule has 1 aromatic carbocycles. The van der Waals surface area contributed by atoms with Crippen LogP contribution in [0, 0.1) is 11.8 Å². The molecule has 170 valence electrons. The van der Waals surface area contributed by atoms with Gasteiger partial charge in [0.15, 0.2) is 11.4 Å². The van der Waals surface area contributed by atoms with Gasteiger partial charge in [-0.1, -0.05) is 38.1 Å². The number of carbonyl (C=O) groups is 3. The van der Waals surface area contributed by atoms with Gasteiger partial charge in [-0.3, -0.25) is 14.4 Å². The Morgan fingerprint density at radius 2 is 1.81 bits per heavy atom. The Bertz CT molecular complexity index is 820. The molecule has 1 heterocycles. The average molecular weight is 433 g/mol. The van der Waals surface area contributed by atoms with Crippen molar-refractivity contribution < 1.29 is 29.3 Å². The largest absolute Gasteiger partial charge is 0.394 e. The molecule has 0 aromatic heterocycles. The van der Waals surface area contributed by atoms with Crippen LogP contribution in [0.1, 0.15) is 37.8 Å². The van der Waals surface area contributed by atoms with Crippen LogP contribution >= 0.6 is 0 Å². The number of hydrogen-bond acceptors (Lipinski definition) is 6. The van der Waals surface area contributed by atoms with Crippen molar-refractivity contribution >= 4 is 17.6 Å². The van der Waals surface area contributed by atoms with Crippen molar-refractivity contribution in [1.82, 2.24) is 10.6 Å². The number of ketones is 1. The molecule has 3 rings (SSSR count). The highest BCUT2D eigenvalue weighted by Gasteiger charge is 2.54. The van der Waals surface area contributed by atoms with E-state index in [1.165, 1.54) is 5.56 Å². The van der Waals surface area contributed by atoms with Crippen molar-refractivity contribution in [3.8, 4) is 0 Å². The fourth-order valence-electron chi connectivity index (χ4n) is 4.10. The molecular weight excluding hydrogens is 400 g/mol. The maximum Gasteiger partial charge on any atom is 0.245 e. The van der Waals surface area contributed by atoms with Crippen LogP contribution in [0.5, 0.6) is 0 Å². The minimum atomic E-state index is -1.25. The average Bonchev–Trinajstić information content (AvgIpc) is 3.56. The van der Waals surface area contributed by atoms with E-state index in [0.29, 0.717) is 19.3 Å². The number of carbonyl (C=O) groups excluding carboxylic acids is 3. The van der Waals surface area contributed by atoms with Crippen LogP contribution in [0.4, 0.5) is 0 Å². The molecule has 0 bridgehead atoms. The molecule has 0 radical (unpaired) electrons. The molecule has 8 nitrogen and oxygen atoms in total. The van der Waals surface area contributed by atoms with Gasteiger partial charge in [0, 0.05) is 5.92 Å². The Balaban J connectivity index is 1.62. The lowest BCUT2D eigenvalue weighted by Gasteiger charge is -2.27. The third-order valence-electron chi connectivity index (χ3n) is 6.07. The molecule has 1 aliphatic carbocycles. The maximum atomic E-state index is 12.8. The Hall–Kier alpha value is -2.29. The standard InChI is InChI=1S/C23H32N2O6/c1-14(2)9-18(20(28)23(12-27)13-31-23)24-22(30)19(11-26)25-21(29)17-8-7-15-5-3-4-6-16(15)10-17/h3-6,14,17-19,26-27H,7-13H2,1-2H3,(H,24,30)(H,25,29)/t17?,18-,19-,23+/m0/s1. The second kappa shape index (κ2) is 9.89. The summed E-state index contributed by atoms with van der Waals surface area (Å²) in [4.78, 5) is 38.3. The minimum absolute atomic E-state index is 0.105. The molecule has 2 aliphatic rings. The predicted octanol–water partition coefficient (Wildman–Crippen LogP) is 0.130. The van der Waals surface area contributed by atoms with Crippen molar-refractivity contribution in [2.24, 2.45) is 11.8 Å². The summed E-state index contributed by atoms with van der Waals surface area (Å²) in [6.07, 6.45) is 2.42. The normalized spacial score (nSPS) is 24.1. The Morgan fingerprint density at radius 1 is 1.13 bits per heavy atom. The van der Waals surface area contributed by atoms with Crippen LogP contribution < -0.4 is 10.6 Å². The lowest BCUT2D eigenvalue weighted by Crippen LogP contribution is -2.56. The molecule has 4 atom stereocenters. The Kier molecular flexibility index (Phi) is 7.46. The van der Waals surface area contributed by atoms with Crippen LogP contribution in [-0.4, -0.2) is 65.3 Å². The molecule has 8 heteroatoms. The van der Waals surface area contributed by atoms with E-state index in [1.54, 1.807) is 0 Å². The van der Waals surface area contributed by atoms with Crippen molar-refractivity contribution in [3.05, 3.63) is 35.4 Å². The van der Waals surface area contributed by atoms with Gasteiger partial charge < -0.3 is 25.6 Å². The van der Waals surface area contributed by atoms with Gasteiger partial charge in [0.1, 0.15) is 6.04 Å². The highest BCUT2D eigenvalue weighted by Crippen LogP contribution is 2.30. The first-order valence-electron chi connectivity index (χ1n) is 10.9. The summed E-state index contributed by atoms with van der Waals surface area (Å²) >= 11 is 0. The van der Waals surface area contributed by atoms with Gasteiger partial charge in [-0.05, 0) is 42.7 Å². The predicted molar refractivity (Wildman–Crippen MR) is 113 cm³/mol. The van der Waals surface area contributed by atoms with Crippen LogP contribution in [0.3, 0.4) is 0 Å². The monoisotopic (exact) mass is 432 g/mol. The van der Waals surface area contributed by atoms with Crippen LogP contribution in [0.2, 0.25) is 0 Å². The van der Waals surface area contributed by atoms with Gasteiger partial charge in [-0.15, -0.1) is 0 Å². The number of nitrogens with one attached hydrogen (secondary N) is 2. The molecule has 0 saturated carbocycles. The number of aliphatic hydroxyl groups excluding tert-OH is 2. The molecule has 1 saturated heterocycles. The summed E-state index contributed by atoms with van der Waals surface area (Å²) in [5.41, 5.74) is 1.11. The van der Waals surface area contributed by atoms with Crippen LogP contribution in [-0.2, 0) is 32.0 Å². The number of aryl methyl sites for hydroxylation is 1. The zero-order valence-corrected chi connectivity index (χ0v) is 18.1. The maximum absolute atomic E-state index is 12.8. The fourth-order valence-corrected chi connectivity index (χ4v) is 4.10. The molecule has 4 N–H and O–H groups in total. The highest BCUT2D eigenvalue weighted by atomic mass is 16.6. The summed E-state index contributed by atoms with van der Waals surface area (Å²) in [7, 11) is 0. The number of rotatable bonds is 10. The lowest BCUT2D eigenvalue weighted by atomic mass is 9.83. The van der Waals surface area contributed by atoms with Crippen molar-refractivity contribution in [2.75, 3.05) is 19.8 Å². The number of hydrogen-bond donors (Lipinski definition) is 4. The first-order chi connectivity index (χ1) is 14.8. The van der Waals surface area contributed by atoms with Crippen LogP contribution in [0.15, 0.2) is 24.3 Å². The Morgan fingerprint density at radius 3 is 2.39 bits per heavy atom. The first-order valence-corrected chi connectivity index (χ1v) is 10.9. The smallest absolute Gasteiger partial charge is 0.245 e. The number of benzene rings is 1. The van der Waals surface area contributed by atoms with E-state index >= 15 is 0 Å². The molecule has 1 unspecified atom stereocenters. The van der Waals surface area contributed by atoms with Gasteiger partial charge in [-0.25, -0.2) is 0 Å². The number of Topliss-reactive ketones (excluding diaryl/α,β-unsaturated/α-hetero) is 1. The number of epoxide rings is 1. The van der Waals surface area contributed by atoms with Crippen molar-refractivity contribution in [1.29, 1.82) is 0 Å². The number of aliphatic hydroxyl groups is 2. The number of amides is 2. The topological polar surface area (TPSA) is 128 Å². The summed E-state index contributed by atoms with van der Waals surface area (Å²) in [5.74, 6) is -1.47. The quantitative estimate of drug-likeness (QED) is 0.389. The summed E-state index contributed by atoms with van der Waals surface area (Å²) in [6.45, 7) is 2.93. The van der Waals surface area contributed by atoms with E-state index in [-0.39, 0.29) is 30.1 Å². The van der Waals surface area contributed by atoms with E-state index in [4.69, 9.17) is 4.74 Å².